The van der Waals surface area contributed by atoms with Gasteiger partial charge in [-0.15, -0.1) is 0 Å². The zero-order chi connectivity index (χ0) is 17.8. The van der Waals surface area contributed by atoms with Crippen LogP contribution in [0, 0.1) is 39.9 Å². The zero-order valence-electron chi connectivity index (χ0n) is 15.5. The van der Waals surface area contributed by atoms with Crippen LogP contribution in [0.1, 0.15) is 65.7 Å². The average molecular weight is 344 g/mol. The molecule has 0 N–H and O–H groups in total. The molecule has 0 bridgehead atoms. The third-order valence-corrected chi connectivity index (χ3v) is 9.34. The summed E-state index contributed by atoms with van der Waals surface area (Å²) >= 11 is 0. The highest BCUT2D eigenvalue weighted by Gasteiger charge is 2.80. The van der Waals surface area contributed by atoms with Crippen LogP contribution >= 0.6 is 0 Å². The number of Topliss-reactive ketones (excluding diaryl/α,β-unsaturated/α-hetero) is 2. The van der Waals surface area contributed by atoms with Crippen LogP contribution < -0.4 is 0 Å². The van der Waals surface area contributed by atoms with Gasteiger partial charge in [0.25, 0.3) is 0 Å². The molecule has 4 heteroatoms. The Labute approximate surface area is 149 Å². The van der Waals surface area contributed by atoms with Gasteiger partial charge in [0.1, 0.15) is 5.78 Å². The number of hydrogen-bond donors (Lipinski definition) is 0. The van der Waals surface area contributed by atoms with Gasteiger partial charge in [-0.25, -0.2) is 0 Å². The van der Waals surface area contributed by atoms with E-state index in [9.17, 15) is 14.4 Å². The topological polar surface area (TPSA) is 60.4 Å². The van der Waals surface area contributed by atoms with Crippen molar-refractivity contribution >= 4 is 17.5 Å². The Bertz CT molecular complexity index is 698. The second-order valence-corrected chi connectivity index (χ2v) is 9.93. The summed E-state index contributed by atoms with van der Waals surface area (Å²) in [4.78, 5) is 38.0. The summed E-state index contributed by atoms with van der Waals surface area (Å²) < 4.78 is 5.71. The van der Waals surface area contributed by atoms with Gasteiger partial charge in [0.15, 0.2) is 11.9 Å². The molecule has 5 aliphatic rings. The van der Waals surface area contributed by atoms with Crippen molar-refractivity contribution in [3.05, 3.63) is 0 Å². The van der Waals surface area contributed by atoms with E-state index in [1.807, 2.05) is 0 Å². The largest absolute Gasteiger partial charge is 0.454 e. The van der Waals surface area contributed by atoms with Crippen molar-refractivity contribution in [3.63, 3.8) is 0 Å². The number of carbonyl (C=O) groups is 3. The van der Waals surface area contributed by atoms with Crippen LogP contribution in [0.3, 0.4) is 0 Å². The van der Waals surface area contributed by atoms with Crippen molar-refractivity contribution in [1.82, 2.24) is 0 Å². The van der Waals surface area contributed by atoms with Gasteiger partial charge in [-0.1, -0.05) is 13.8 Å². The highest BCUT2D eigenvalue weighted by atomic mass is 16.5. The van der Waals surface area contributed by atoms with Gasteiger partial charge in [-0.05, 0) is 61.7 Å². The molecule has 5 saturated carbocycles. The van der Waals surface area contributed by atoms with Crippen molar-refractivity contribution in [1.29, 1.82) is 0 Å². The maximum absolute atomic E-state index is 13.6. The fraction of sp³-hybridized carbons (Fsp3) is 0.857. The maximum atomic E-state index is 13.6. The average Bonchev–Trinajstić information content (AvgIpc) is 3.12. The van der Waals surface area contributed by atoms with E-state index < -0.39 is 6.10 Å². The molecule has 5 rings (SSSR count). The molecule has 1 unspecified atom stereocenters. The predicted molar refractivity (Wildman–Crippen MR) is 90.5 cm³/mol. The number of ether oxygens (including phenoxy) is 1. The number of esters is 1. The summed E-state index contributed by atoms with van der Waals surface area (Å²) in [6.07, 6.45) is 6.05. The van der Waals surface area contributed by atoms with Gasteiger partial charge < -0.3 is 4.74 Å². The highest BCUT2D eigenvalue weighted by Crippen LogP contribution is 2.80. The standard InChI is InChI=1S/C21H28O4/c1-11(22)25-17-16-13-4-5-15(23)19(13,2)8-7-14(16)20(3)9-6-12-10-21(12,20)18(17)24/h12-14,16-17H,4-10H2,1-3H3/t12?,13-,14-,16-,17-,19-,20+,21-/m0/s1. The van der Waals surface area contributed by atoms with E-state index in [1.54, 1.807) is 0 Å². The number of rotatable bonds is 1. The predicted octanol–water partition coefficient (Wildman–Crippen LogP) is 3.32. The lowest BCUT2D eigenvalue weighted by atomic mass is 9.45. The van der Waals surface area contributed by atoms with E-state index in [0.29, 0.717) is 24.0 Å². The van der Waals surface area contributed by atoms with Crippen LogP contribution in [0.4, 0.5) is 0 Å². The molecule has 0 aliphatic heterocycles. The van der Waals surface area contributed by atoms with Gasteiger partial charge in [0.05, 0.1) is 0 Å². The highest BCUT2D eigenvalue weighted by molar-refractivity contribution is 5.96. The SMILES string of the molecule is CC(=O)O[C@@H]1C(=O)[C@]23CC2CC[C@]3(C)[C@H]2CC[C@]3(C)C(=O)CC[C@H]3[C@H]12. The summed E-state index contributed by atoms with van der Waals surface area (Å²) in [6.45, 7) is 5.84. The van der Waals surface area contributed by atoms with Gasteiger partial charge in [-0.3, -0.25) is 14.4 Å². The Morgan fingerprint density at radius 3 is 2.52 bits per heavy atom. The molecule has 0 aromatic rings. The second-order valence-electron chi connectivity index (χ2n) is 9.93. The molecule has 25 heavy (non-hydrogen) atoms. The van der Waals surface area contributed by atoms with E-state index in [2.05, 4.69) is 13.8 Å². The van der Waals surface area contributed by atoms with Gasteiger partial charge >= 0.3 is 5.97 Å². The van der Waals surface area contributed by atoms with E-state index in [1.165, 1.54) is 6.92 Å². The first-order valence-electron chi connectivity index (χ1n) is 10.0. The van der Waals surface area contributed by atoms with Crippen LogP contribution in [0.2, 0.25) is 0 Å². The minimum absolute atomic E-state index is 0.0385. The third-order valence-electron chi connectivity index (χ3n) is 9.34. The Hall–Kier alpha value is -1.19. The summed E-state index contributed by atoms with van der Waals surface area (Å²) in [7, 11) is 0. The fourth-order valence-electron chi connectivity index (χ4n) is 8.05. The first kappa shape index (κ1) is 16.0. The van der Waals surface area contributed by atoms with Crippen molar-refractivity contribution in [3.8, 4) is 0 Å². The van der Waals surface area contributed by atoms with Crippen LogP contribution in [-0.4, -0.2) is 23.6 Å². The van der Waals surface area contributed by atoms with Crippen molar-refractivity contribution in [2.45, 2.75) is 71.8 Å². The van der Waals surface area contributed by atoms with E-state index >= 15 is 0 Å². The van der Waals surface area contributed by atoms with E-state index in [-0.39, 0.29) is 39.8 Å². The first-order valence-corrected chi connectivity index (χ1v) is 10.0. The van der Waals surface area contributed by atoms with Crippen molar-refractivity contribution in [2.24, 2.45) is 39.9 Å². The molecular formula is C21H28O4. The maximum Gasteiger partial charge on any atom is 0.303 e. The van der Waals surface area contributed by atoms with Crippen LogP contribution in [0.25, 0.3) is 0 Å². The molecular weight excluding hydrogens is 316 g/mol. The Morgan fingerprint density at radius 1 is 1.08 bits per heavy atom. The molecule has 0 radical (unpaired) electrons. The summed E-state index contributed by atoms with van der Waals surface area (Å²) in [5, 5.41) is 0. The van der Waals surface area contributed by atoms with Gasteiger partial charge in [0, 0.05) is 30.1 Å². The third kappa shape index (κ3) is 1.63. The lowest BCUT2D eigenvalue weighted by Crippen LogP contribution is -2.62. The zero-order valence-corrected chi connectivity index (χ0v) is 15.5. The monoisotopic (exact) mass is 344 g/mol. The minimum atomic E-state index is -0.616. The Morgan fingerprint density at radius 2 is 1.84 bits per heavy atom. The summed E-state index contributed by atoms with van der Waals surface area (Å²) in [6, 6.07) is 0. The molecule has 0 amide bonds. The van der Waals surface area contributed by atoms with E-state index in [4.69, 9.17) is 4.74 Å². The number of hydrogen-bond acceptors (Lipinski definition) is 4. The van der Waals surface area contributed by atoms with Crippen LogP contribution in [0.5, 0.6) is 0 Å². The summed E-state index contributed by atoms with van der Waals surface area (Å²) in [5.41, 5.74) is -0.504. The Balaban J connectivity index is 1.63. The molecule has 136 valence electrons. The minimum Gasteiger partial charge on any atom is -0.454 e. The molecule has 0 aromatic heterocycles. The molecule has 5 fully saturated rings. The second kappa shape index (κ2) is 4.55. The molecule has 0 saturated heterocycles. The first-order chi connectivity index (χ1) is 11.8. The quantitative estimate of drug-likeness (QED) is 0.685. The lowest BCUT2D eigenvalue weighted by Gasteiger charge is -2.58. The fourth-order valence-corrected chi connectivity index (χ4v) is 8.05. The number of fused-ring (bicyclic) bond motifs is 4. The molecule has 5 aliphatic carbocycles. The van der Waals surface area contributed by atoms with Gasteiger partial charge in [0.2, 0.25) is 0 Å². The molecule has 0 heterocycles. The van der Waals surface area contributed by atoms with E-state index in [0.717, 1.165) is 38.5 Å². The van der Waals surface area contributed by atoms with Crippen molar-refractivity contribution < 1.29 is 19.1 Å². The molecule has 0 aromatic carbocycles. The van der Waals surface area contributed by atoms with Crippen LogP contribution in [0.15, 0.2) is 0 Å². The molecule has 1 spiro atoms. The van der Waals surface area contributed by atoms with Gasteiger partial charge in [-0.2, -0.15) is 0 Å². The number of ketones is 2. The van der Waals surface area contributed by atoms with Crippen molar-refractivity contribution in [2.75, 3.05) is 0 Å². The smallest absolute Gasteiger partial charge is 0.303 e. The van der Waals surface area contributed by atoms with Crippen LogP contribution in [-0.2, 0) is 19.1 Å². The normalized spacial score (nSPS) is 55.9. The summed E-state index contributed by atoms with van der Waals surface area (Å²) in [5.74, 6) is 1.33. The Kier molecular flexibility index (Phi) is 2.92. The molecule has 4 nitrogen and oxygen atoms in total. The molecule has 8 atom stereocenters. The lowest BCUT2D eigenvalue weighted by molar-refractivity contribution is -0.189. The number of carbonyl (C=O) groups excluding carboxylic acids is 3.